The second kappa shape index (κ2) is 3.93. The van der Waals surface area contributed by atoms with E-state index in [1.165, 1.54) is 0 Å². The quantitative estimate of drug-likeness (QED) is 0.596. The molecule has 0 saturated heterocycles. The van der Waals surface area contributed by atoms with Crippen molar-refractivity contribution in [3.05, 3.63) is 33.3 Å². The summed E-state index contributed by atoms with van der Waals surface area (Å²) in [4.78, 5) is 0. The molecule has 1 aromatic rings. The van der Waals surface area contributed by atoms with E-state index in [1.807, 2.05) is 0 Å². The molecule has 1 rings (SSSR count). The molecule has 0 radical (unpaired) electrons. The number of halogens is 5. The van der Waals surface area contributed by atoms with Crippen LogP contribution in [0.1, 0.15) is 5.56 Å². The standard InChI is InChI=1S/C7H3BrCl4/c8-4-1-2-6(9)5(3-4)7(10,11)12/h1-3H. The summed E-state index contributed by atoms with van der Waals surface area (Å²) in [6.07, 6.45) is 0. The van der Waals surface area contributed by atoms with E-state index in [2.05, 4.69) is 15.9 Å². The normalized spacial score (nSPS) is 11.8. The highest BCUT2D eigenvalue weighted by Crippen LogP contribution is 2.42. The van der Waals surface area contributed by atoms with Crippen LogP contribution in [0.15, 0.2) is 22.7 Å². The van der Waals surface area contributed by atoms with Gasteiger partial charge in [-0.3, -0.25) is 0 Å². The summed E-state index contributed by atoms with van der Waals surface area (Å²) in [6.45, 7) is 0. The van der Waals surface area contributed by atoms with Gasteiger partial charge in [0.15, 0.2) is 0 Å². The molecule has 0 aliphatic rings. The van der Waals surface area contributed by atoms with Crippen molar-refractivity contribution in [2.45, 2.75) is 3.79 Å². The average Bonchev–Trinajstić information content (AvgIpc) is 1.92. The number of alkyl halides is 3. The van der Waals surface area contributed by atoms with Crippen molar-refractivity contribution in [3.63, 3.8) is 0 Å². The fraction of sp³-hybridized carbons (Fsp3) is 0.143. The number of benzene rings is 1. The third-order valence-electron chi connectivity index (χ3n) is 1.23. The smallest absolute Gasteiger partial charge is 0.0839 e. The lowest BCUT2D eigenvalue weighted by molar-refractivity contribution is 1.24. The van der Waals surface area contributed by atoms with Gasteiger partial charge in [-0.1, -0.05) is 62.3 Å². The van der Waals surface area contributed by atoms with E-state index in [9.17, 15) is 0 Å². The van der Waals surface area contributed by atoms with Gasteiger partial charge in [0.2, 0.25) is 3.79 Å². The summed E-state index contributed by atoms with van der Waals surface area (Å²) in [5.74, 6) is 0. The van der Waals surface area contributed by atoms with Crippen molar-refractivity contribution in [1.29, 1.82) is 0 Å². The second-order valence-electron chi connectivity index (χ2n) is 2.12. The Morgan fingerprint density at radius 3 is 2.17 bits per heavy atom. The number of hydrogen-bond acceptors (Lipinski definition) is 0. The molecule has 0 N–H and O–H groups in total. The van der Waals surface area contributed by atoms with E-state index in [0.717, 1.165) is 4.47 Å². The molecule has 0 heterocycles. The Morgan fingerprint density at radius 2 is 1.75 bits per heavy atom. The molecule has 0 nitrogen and oxygen atoms in total. The zero-order valence-electron chi connectivity index (χ0n) is 5.62. The SMILES string of the molecule is Clc1ccc(Br)cc1C(Cl)(Cl)Cl. The Kier molecular flexibility index (Phi) is 3.58. The Morgan fingerprint density at radius 1 is 1.17 bits per heavy atom. The van der Waals surface area contributed by atoms with Gasteiger partial charge in [0.1, 0.15) is 0 Å². The molecule has 0 atom stereocenters. The molecule has 66 valence electrons. The summed E-state index contributed by atoms with van der Waals surface area (Å²) < 4.78 is -0.644. The lowest BCUT2D eigenvalue weighted by atomic mass is 10.2. The third kappa shape index (κ3) is 2.68. The van der Waals surface area contributed by atoms with Gasteiger partial charge in [-0.2, -0.15) is 0 Å². The van der Waals surface area contributed by atoms with Crippen LogP contribution in [0.3, 0.4) is 0 Å². The molecule has 1 aromatic carbocycles. The first-order valence-corrected chi connectivity index (χ1v) is 5.24. The lowest BCUT2D eigenvalue weighted by Gasteiger charge is -2.12. The van der Waals surface area contributed by atoms with Gasteiger partial charge < -0.3 is 0 Å². The van der Waals surface area contributed by atoms with Crippen LogP contribution < -0.4 is 0 Å². The predicted molar refractivity (Wildman–Crippen MR) is 58.4 cm³/mol. The molecule has 12 heavy (non-hydrogen) atoms. The summed E-state index contributed by atoms with van der Waals surface area (Å²) >= 11 is 26.0. The van der Waals surface area contributed by atoms with Crippen LogP contribution >= 0.6 is 62.3 Å². The topological polar surface area (TPSA) is 0 Å². The van der Waals surface area contributed by atoms with E-state index in [1.54, 1.807) is 18.2 Å². The molecule has 0 aromatic heterocycles. The van der Waals surface area contributed by atoms with Gasteiger partial charge in [0, 0.05) is 15.1 Å². The van der Waals surface area contributed by atoms with E-state index in [-0.39, 0.29) is 0 Å². The van der Waals surface area contributed by atoms with Crippen molar-refractivity contribution in [3.8, 4) is 0 Å². The van der Waals surface area contributed by atoms with Crippen molar-refractivity contribution >= 4 is 62.3 Å². The van der Waals surface area contributed by atoms with Crippen LogP contribution in [0.25, 0.3) is 0 Å². The Bertz CT molecular complexity index is 292. The molecular formula is C7H3BrCl4. The maximum absolute atomic E-state index is 5.81. The fourth-order valence-electron chi connectivity index (χ4n) is 0.715. The van der Waals surface area contributed by atoms with Gasteiger partial charge in [-0.05, 0) is 18.2 Å². The van der Waals surface area contributed by atoms with Crippen molar-refractivity contribution in [2.24, 2.45) is 0 Å². The summed E-state index contributed by atoms with van der Waals surface area (Å²) in [7, 11) is 0. The van der Waals surface area contributed by atoms with Crippen LogP contribution in [-0.4, -0.2) is 0 Å². The minimum Gasteiger partial charge on any atom is -0.0839 e. The minimum atomic E-state index is -1.47. The number of rotatable bonds is 0. The fourth-order valence-corrected chi connectivity index (χ4v) is 1.95. The predicted octanol–water partition coefficient (Wildman–Crippen LogP) is 4.93. The molecule has 0 unspecified atom stereocenters. The van der Waals surface area contributed by atoms with Crippen LogP contribution in [0.5, 0.6) is 0 Å². The molecule has 0 aliphatic carbocycles. The maximum atomic E-state index is 5.81. The highest BCUT2D eigenvalue weighted by molar-refractivity contribution is 9.10. The second-order valence-corrected chi connectivity index (χ2v) is 5.73. The zero-order valence-corrected chi connectivity index (χ0v) is 10.2. The molecule has 0 amide bonds. The Labute approximate surface area is 98.9 Å². The highest BCUT2D eigenvalue weighted by Gasteiger charge is 2.25. The molecule has 0 bridgehead atoms. The summed E-state index contributed by atoms with van der Waals surface area (Å²) in [5.41, 5.74) is 0.476. The van der Waals surface area contributed by atoms with Crippen LogP contribution in [-0.2, 0) is 3.79 Å². The largest absolute Gasteiger partial charge is 0.217 e. The third-order valence-corrected chi connectivity index (χ3v) is 2.67. The van der Waals surface area contributed by atoms with Crippen LogP contribution in [0.4, 0.5) is 0 Å². The molecule has 5 heteroatoms. The van der Waals surface area contributed by atoms with Crippen molar-refractivity contribution < 1.29 is 0 Å². The minimum absolute atomic E-state index is 0.443. The molecular weight excluding hydrogens is 306 g/mol. The van der Waals surface area contributed by atoms with Gasteiger partial charge in [-0.15, -0.1) is 0 Å². The maximum Gasteiger partial charge on any atom is 0.217 e. The summed E-state index contributed by atoms with van der Waals surface area (Å²) in [6, 6.07) is 5.13. The van der Waals surface area contributed by atoms with Crippen molar-refractivity contribution in [1.82, 2.24) is 0 Å². The molecule has 0 spiro atoms. The van der Waals surface area contributed by atoms with Crippen LogP contribution in [0, 0.1) is 0 Å². The van der Waals surface area contributed by atoms with Crippen LogP contribution in [0.2, 0.25) is 5.02 Å². The average molecular weight is 309 g/mol. The van der Waals surface area contributed by atoms with E-state index >= 15 is 0 Å². The first kappa shape index (κ1) is 10.9. The number of hydrogen-bond donors (Lipinski definition) is 0. The Balaban J connectivity index is 3.23. The van der Waals surface area contributed by atoms with Gasteiger partial charge >= 0.3 is 0 Å². The van der Waals surface area contributed by atoms with Gasteiger partial charge in [0.25, 0.3) is 0 Å². The zero-order chi connectivity index (χ0) is 9.35. The Hall–Kier alpha value is 0.860. The molecule has 0 saturated carbocycles. The van der Waals surface area contributed by atoms with Crippen molar-refractivity contribution in [2.75, 3.05) is 0 Å². The van der Waals surface area contributed by atoms with Gasteiger partial charge in [-0.25, -0.2) is 0 Å². The van der Waals surface area contributed by atoms with E-state index < -0.39 is 3.79 Å². The van der Waals surface area contributed by atoms with Gasteiger partial charge in [0.05, 0.1) is 0 Å². The first-order valence-electron chi connectivity index (χ1n) is 2.93. The van der Waals surface area contributed by atoms with E-state index in [4.69, 9.17) is 46.4 Å². The summed E-state index contributed by atoms with van der Waals surface area (Å²) in [5, 5.41) is 0.443. The first-order chi connectivity index (χ1) is 5.41. The highest BCUT2D eigenvalue weighted by atomic mass is 79.9. The lowest BCUT2D eigenvalue weighted by Crippen LogP contribution is -2.00. The monoisotopic (exact) mass is 306 g/mol. The molecule has 0 aliphatic heterocycles. The molecule has 0 fully saturated rings. The van der Waals surface area contributed by atoms with E-state index in [0.29, 0.717) is 10.6 Å².